The number of carboxylic acid groups (broad SMARTS) is 1. The minimum atomic E-state index is -0.925. The smallest absolute Gasteiger partial charge is 0.326 e. The van der Waals surface area contributed by atoms with Gasteiger partial charge in [0.25, 0.3) is 5.91 Å². The van der Waals surface area contributed by atoms with Crippen molar-refractivity contribution in [2.75, 3.05) is 6.54 Å². The molecule has 0 aromatic heterocycles. The number of fused-ring (bicyclic) bond motifs is 1. The second-order valence-electron chi connectivity index (χ2n) is 5.20. The monoisotopic (exact) mass is 347 g/mol. The predicted octanol–water partition coefficient (Wildman–Crippen LogP) is 3.29. The fraction of sp³-hybridized carbons (Fsp3) is 0.250. The van der Waals surface area contributed by atoms with Crippen molar-refractivity contribution in [2.24, 2.45) is 0 Å². The van der Waals surface area contributed by atoms with Crippen molar-refractivity contribution in [2.45, 2.75) is 18.9 Å². The molecule has 1 fully saturated rings. The fourth-order valence-corrected chi connectivity index (χ4v) is 3.16. The van der Waals surface area contributed by atoms with Crippen molar-refractivity contribution in [3.05, 3.63) is 46.4 Å². The van der Waals surface area contributed by atoms with E-state index in [1.165, 1.54) is 4.90 Å². The number of benzene rings is 2. The third-order valence-electron chi connectivity index (χ3n) is 3.85. The summed E-state index contributed by atoms with van der Waals surface area (Å²) < 4.78 is 0.986. The number of halogens is 1. The molecule has 1 aliphatic rings. The third kappa shape index (κ3) is 2.65. The fourth-order valence-electron chi connectivity index (χ4n) is 2.78. The molecule has 5 heteroatoms. The van der Waals surface area contributed by atoms with Gasteiger partial charge in [0.1, 0.15) is 6.04 Å². The zero-order chi connectivity index (χ0) is 15.0. The average molecular weight is 348 g/mol. The molecule has 2 aromatic carbocycles. The van der Waals surface area contributed by atoms with Crippen LogP contribution in [0, 0.1) is 0 Å². The molecule has 108 valence electrons. The van der Waals surface area contributed by atoms with Gasteiger partial charge in [0, 0.05) is 16.6 Å². The van der Waals surface area contributed by atoms with Crippen LogP contribution in [0.1, 0.15) is 23.2 Å². The van der Waals surface area contributed by atoms with Crippen molar-refractivity contribution in [3.63, 3.8) is 0 Å². The molecule has 0 radical (unpaired) electrons. The highest BCUT2D eigenvalue weighted by molar-refractivity contribution is 9.10. The Kier molecular flexibility index (Phi) is 3.68. The average Bonchev–Trinajstić information content (AvgIpc) is 2.95. The SMILES string of the molecule is O=C(O)[C@@H]1CCCN1C(=O)c1ccc2cc(Br)ccc2c1. The molecule has 1 atom stereocenters. The summed E-state index contributed by atoms with van der Waals surface area (Å²) in [7, 11) is 0. The zero-order valence-electron chi connectivity index (χ0n) is 11.3. The van der Waals surface area contributed by atoms with Crippen molar-refractivity contribution in [1.29, 1.82) is 0 Å². The van der Waals surface area contributed by atoms with Gasteiger partial charge in [0.05, 0.1) is 0 Å². The van der Waals surface area contributed by atoms with Gasteiger partial charge in [-0.2, -0.15) is 0 Å². The Morgan fingerprint density at radius 3 is 2.62 bits per heavy atom. The highest BCUT2D eigenvalue weighted by atomic mass is 79.9. The van der Waals surface area contributed by atoms with E-state index in [0.717, 1.165) is 21.7 Å². The van der Waals surface area contributed by atoms with Crippen LogP contribution < -0.4 is 0 Å². The standard InChI is InChI=1S/C16H14BrNO3/c17-13-6-5-10-8-12(4-3-11(10)9-13)15(19)18-7-1-2-14(18)16(20)21/h3-6,8-9,14H,1-2,7H2,(H,20,21)/t14-/m0/s1. The van der Waals surface area contributed by atoms with Crippen LogP contribution in [-0.2, 0) is 4.79 Å². The number of rotatable bonds is 2. The largest absolute Gasteiger partial charge is 0.480 e. The lowest BCUT2D eigenvalue weighted by atomic mass is 10.1. The lowest BCUT2D eigenvalue weighted by Gasteiger charge is -2.21. The van der Waals surface area contributed by atoms with Gasteiger partial charge in [-0.3, -0.25) is 4.79 Å². The van der Waals surface area contributed by atoms with Gasteiger partial charge < -0.3 is 10.0 Å². The summed E-state index contributed by atoms with van der Waals surface area (Å²) >= 11 is 3.42. The Morgan fingerprint density at radius 2 is 1.86 bits per heavy atom. The molecular weight excluding hydrogens is 334 g/mol. The van der Waals surface area contributed by atoms with E-state index in [1.54, 1.807) is 6.07 Å². The lowest BCUT2D eigenvalue weighted by Crippen LogP contribution is -2.40. The first-order valence-electron chi connectivity index (χ1n) is 6.79. The van der Waals surface area contributed by atoms with Gasteiger partial charge in [-0.1, -0.05) is 28.1 Å². The lowest BCUT2D eigenvalue weighted by molar-refractivity contribution is -0.141. The van der Waals surface area contributed by atoms with Crippen LogP contribution in [-0.4, -0.2) is 34.5 Å². The van der Waals surface area contributed by atoms with E-state index >= 15 is 0 Å². The number of hydrogen-bond donors (Lipinski definition) is 1. The molecule has 0 aliphatic carbocycles. The molecule has 21 heavy (non-hydrogen) atoms. The van der Waals surface area contributed by atoms with E-state index in [0.29, 0.717) is 18.5 Å². The Bertz CT molecular complexity index is 729. The summed E-state index contributed by atoms with van der Waals surface area (Å²) in [5.74, 6) is -1.13. The number of carbonyl (C=O) groups excluding carboxylic acids is 1. The van der Waals surface area contributed by atoms with E-state index in [9.17, 15) is 14.7 Å². The maximum atomic E-state index is 12.5. The molecule has 0 saturated carbocycles. The summed E-state index contributed by atoms with van der Waals surface area (Å²) in [5, 5.41) is 11.2. The van der Waals surface area contributed by atoms with Crippen LogP contribution in [0.25, 0.3) is 10.8 Å². The van der Waals surface area contributed by atoms with Crippen LogP contribution in [0.15, 0.2) is 40.9 Å². The van der Waals surface area contributed by atoms with Crippen LogP contribution in [0.5, 0.6) is 0 Å². The van der Waals surface area contributed by atoms with Crippen molar-refractivity contribution < 1.29 is 14.7 Å². The number of amides is 1. The predicted molar refractivity (Wildman–Crippen MR) is 83.3 cm³/mol. The van der Waals surface area contributed by atoms with E-state index in [-0.39, 0.29) is 5.91 Å². The molecular formula is C16H14BrNO3. The highest BCUT2D eigenvalue weighted by Gasteiger charge is 2.34. The minimum absolute atomic E-state index is 0.204. The van der Waals surface area contributed by atoms with Gasteiger partial charge in [0.15, 0.2) is 0 Å². The summed E-state index contributed by atoms with van der Waals surface area (Å²) in [5.41, 5.74) is 0.540. The number of nitrogens with zero attached hydrogens (tertiary/aromatic N) is 1. The molecule has 2 aromatic rings. The first-order valence-corrected chi connectivity index (χ1v) is 7.58. The molecule has 0 unspecified atom stereocenters. The minimum Gasteiger partial charge on any atom is -0.480 e. The Morgan fingerprint density at radius 1 is 1.14 bits per heavy atom. The second kappa shape index (κ2) is 5.48. The van der Waals surface area contributed by atoms with Gasteiger partial charge >= 0.3 is 5.97 Å². The maximum absolute atomic E-state index is 12.5. The zero-order valence-corrected chi connectivity index (χ0v) is 12.8. The number of aliphatic carboxylic acids is 1. The van der Waals surface area contributed by atoms with Gasteiger partial charge in [-0.15, -0.1) is 0 Å². The third-order valence-corrected chi connectivity index (χ3v) is 4.34. The Labute approximate surface area is 130 Å². The van der Waals surface area contributed by atoms with Gasteiger partial charge in [-0.25, -0.2) is 4.79 Å². The summed E-state index contributed by atoms with van der Waals surface area (Å²) in [6, 6.07) is 10.6. The summed E-state index contributed by atoms with van der Waals surface area (Å²) in [4.78, 5) is 25.2. The Hall–Kier alpha value is -1.88. The van der Waals surface area contributed by atoms with E-state index in [1.807, 2.05) is 30.3 Å². The molecule has 1 saturated heterocycles. The topological polar surface area (TPSA) is 57.6 Å². The Balaban J connectivity index is 1.94. The van der Waals surface area contributed by atoms with Crippen LogP contribution in [0.4, 0.5) is 0 Å². The molecule has 3 rings (SSSR count). The van der Waals surface area contributed by atoms with Crippen LogP contribution >= 0.6 is 15.9 Å². The molecule has 1 heterocycles. The quantitative estimate of drug-likeness (QED) is 0.906. The molecule has 1 amide bonds. The molecule has 4 nitrogen and oxygen atoms in total. The van der Waals surface area contributed by atoms with Crippen molar-refractivity contribution >= 4 is 38.6 Å². The molecule has 0 spiro atoms. The summed E-state index contributed by atoms with van der Waals surface area (Å²) in [6.45, 7) is 0.508. The number of carbonyl (C=O) groups is 2. The number of hydrogen-bond acceptors (Lipinski definition) is 2. The first kappa shape index (κ1) is 14.1. The van der Waals surface area contributed by atoms with Crippen LogP contribution in [0.2, 0.25) is 0 Å². The first-order chi connectivity index (χ1) is 10.1. The highest BCUT2D eigenvalue weighted by Crippen LogP contribution is 2.24. The normalized spacial score (nSPS) is 18.1. The molecule has 0 bridgehead atoms. The molecule has 1 aliphatic heterocycles. The van der Waals surface area contributed by atoms with Crippen molar-refractivity contribution in [3.8, 4) is 0 Å². The van der Waals surface area contributed by atoms with E-state index in [4.69, 9.17) is 0 Å². The number of likely N-dealkylation sites (tertiary alicyclic amines) is 1. The van der Waals surface area contributed by atoms with Crippen molar-refractivity contribution in [1.82, 2.24) is 4.90 Å². The summed E-state index contributed by atoms with van der Waals surface area (Å²) in [6.07, 6.45) is 1.27. The maximum Gasteiger partial charge on any atom is 0.326 e. The van der Waals surface area contributed by atoms with E-state index in [2.05, 4.69) is 15.9 Å². The second-order valence-corrected chi connectivity index (χ2v) is 6.12. The molecule has 1 N–H and O–H groups in total. The van der Waals surface area contributed by atoms with Gasteiger partial charge in [-0.05, 0) is 47.9 Å². The van der Waals surface area contributed by atoms with Crippen LogP contribution in [0.3, 0.4) is 0 Å². The van der Waals surface area contributed by atoms with E-state index < -0.39 is 12.0 Å². The number of carboxylic acids is 1. The van der Waals surface area contributed by atoms with Gasteiger partial charge in [0.2, 0.25) is 0 Å².